The van der Waals surface area contributed by atoms with Gasteiger partial charge in [-0.3, -0.25) is 14.4 Å². The highest BCUT2D eigenvalue weighted by Crippen LogP contribution is 2.33. The Morgan fingerprint density at radius 1 is 0.787 bits per heavy atom. The summed E-state index contributed by atoms with van der Waals surface area (Å²) in [5.74, 6) is 1.35. The molecular weight excluding hydrogens is 815 g/mol. The lowest BCUT2D eigenvalue weighted by molar-refractivity contribution is -0.121. The van der Waals surface area contributed by atoms with Crippen LogP contribution in [0.25, 0.3) is 22.4 Å². The molecule has 4 aromatic rings. The lowest BCUT2D eigenvalue weighted by Crippen LogP contribution is -2.36. The number of benzene rings is 3. The number of nitriles is 1. The maximum atomic E-state index is 12.8. The number of hydrogen-bond donors (Lipinski definition) is 5. The van der Waals surface area contributed by atoms with Crippen LogP contribution in [0, 0.1) is 11.3 Å². The Balaban J connectivity index is 0.753. The number of carbonyl (C=O) groups excluding carboxylic acids is 3. The molecular formula is C45H53N7O7S2. The van der Waals surface area contributed by atoms with Gasteiger partial charge in [0, 0.05) is 60.6 Å². The molecule has 16 heteroatoms. The van der Waals surface area contributed by atoms with Crippen LogP contribution in [0.5, 0.6) is 0 Å². The van der Waals surface area contributed by atoms with Crippen molar-refractivity contribution in [2.75, 3.05) is 58.5 Å². The van der Waals surface area contributed by atoms with Gasteiger partial charge in [0.05, 0.1) is 44.2 Å². The van der Waals surface area contributed by atoms with Gasteiger partial charge in [0.15, 0.2) is 5.16 Å². The van der Waals surface area contributed by atoms with Crippen LogP contribution >= 0.6 is 23.5 Å². The van der Waals surface area contributed by atoms with Crippen LogP contribution < -0.4 is 26.8 Å². The number of fused-ring (bicyclic) bond motifs is 1. The Morgan fingerprint density at radius 2 is 1.44 bits per heavy atom. The van der Waals surface area contributed by atoms with Gasteiger partial charge in [-0.15, -0.1) is 0 Å². The zero-order chi connectivity index (χ0) is 42.7. The number of aromatic nitrogens is 2. The highest BCUT2D eigenvalue weighted by atomic mass is 32.2. The van der Waals surface area contributed by atoms with Gasteiger partial charge in [-0.2, -0.15) is 17.0 Å². The molecule has 4 amide bonds. The second-order valence-corrected chi connectivity index (χ2v) is 16.9. The van der Waals surface area contributed by atoms with E-state index in [4.69, 9.17) is 14.2 Å². The van der Waals surface area contributed by atoms with Crippen molar-refractivity contribution in [3.05, 3.63) is 106 Å². The largest absolute Gasteiger partial charge is 0.379 e. The molecule has 5 N–H and O–H groups in total. The van der Waals surface area contributed by atoms with E-state index in [9.17, 15) is 24.4 Å². The van der Waals surface area contributed by atoms with Crippen molar-refractivity contribution < 1.29 is 28.6 Å². The molecule has 3 heterocycles. The lowest BCUT2D eigenvalue weighted by atomic mass is 10.0. The molecule has 0 spiro atoms. The minimum Gasteiger partial charge on any atom is -0.379 e. The summed E-state index contributed by atoms with van der Waals surface area (Å²) in [6.45, 7) is 3.92. The molecule has 3 atom stereocenters. The van der Waals surface area contributed by atoms with E-state index in [0.29, 0.717) is 98.6 Å². The van der Waals surface area contributed by atoms with Crippen LogP contribution in [0.4, 0.5) is 4.79 Å². The van der Waals surface area contributed by atoms with Crippen molar-refractivity contribution in [3.8, 4) is 28.5 Å². The van der Waals surface area contributed by atoms with Crippen molar-refractivity contribution in [1.29, 1.82) is 5.26 Å². The number of thioether (sulfide) groups is 2. The van der Waals surface area contributed by atoms with Gasteiger partial charge in [-0.05, 0) is 54.5 Å². The third-order valence-corrected chi connectivity index (χ3v) is 12.7. The number of amides is 4. The first kappa shape index (κ1) is 45.3. The van der Waals surface area contributed by atoms with Crippen molar-refractivity contribution >= 4 is 41.4 Å². The molecule has 2 saturated heterocycles. The zero-order valence-electron chi connectivity index (χ0n) is 34.1. The summed E-state index contributed by atoms with van der Waals surface area (Å²) < 4.78 is 16.8. The van der Waals surface area contributed by atoms with E-state index < -0.39 is 5.56 Å². The molecule has 0 bridgehead atoms. The van der Waals surface area contributed by atoms with Gasteiger partial charge < -0.3 is 40.5 Å². The molecule has 322 valence electrons. The van der Waals surface area contributed by atoms with Crippen LogP contribution in [-0.4, -0.2) is 104 Å². The Hall–Kier alpha value is -5.18. The third-order valence-electron chi connectivity index (χ3n) is 10.2. The van der Waals surface area contributed by atoms with E-state index in [2.05, 4.69) is 31.2 Å². The number of unbranched alkanes of at least 4 members (excludes halogenated alkanes) is 1. The van der Waals surface area contributed by atoms with Crippen LogP contribution in [0.2, 0.25) is 0 Å². The third kappa shape index (κ3) is 14.2. The summed E-state index contributed by atoms with van der Waals surface area (Å²) in [5.41, 5.74) is 4.08. The average Bonchev–Trinajstić information content (AvgIpc) is 3.84. The molecule has 14 nitrogen and oxygen atoms in total. The maximum absolute atomic E-state index is 12.8. The molecule has 2 aliphatic heterocycles. The number of aromatic amines is 1. The van der Waals surface area contributed by atoms with Crippen LogP contribution in [0.1, 0.15) is 60.0 Å². The fourth-order valence-electron chi connectivity index (χ4n) is 6.97. The van der Waals surface area contributed by atoms with E-state index in [-0.39, 0.29) is 35.5 Å². The normalized spacial score (nSPS) is 16.6. The first-order chi connectivity index (χ1) is 29.9. The molecule has 1 aromatic heterocycles. The predicted octanol–water partition coefficient (Wildman–Crippen LogP) is 5.67. The van der Waals surface area contributed by atoms with Crippen LogP contribution in [0.15, 0.2) is 88.8 Å². The van der Waals surface area contributed by atoms with Gasteiger partial charge >= 0.3 is 6.03 Å². The van der Waals surface area contributed by atoms with E-state index in [1.807, 2.05) is 84.6 Å². The van der Waals surface area contributed by atoms with Gasteiger partial charge in [0.2, 0.25) is 5.91 Å². The lowest BCUT2D eigenvalue weighted by Gasteiger charge is -2.16. The summed E-state index contributed by atoms with van der Waals surface area (Å²) in [7, 11) is 0. The monoisotopic (exact) mass is 867 g/mol. The number of ether oxygens (including phenoxy) is 3. The predicted molar refractivity (Wildman–Crippen MR) is 237 cm³/mol. The van der Waals surface area contributed by atoms with Gasteiger partial charge in [-0.1, -0.05) is 84.9 Å². The smallest absolute Gasteiger partial charge is 0.315 e. The number of nitrogens with one attached hydrogen (secondary N) is 5. The zero-order valence-corrected chi connectivity index (χ0v) is 35.8. The molecule has 2 aliphatic rings. The second-order valence-electron chi connectivity index (χ2n) is 14.7. The number of urea groups is 1. The highest BCUT2D eigenvalue weighted by Gasteiger charge is 2.42. The standard InChI is InChI=1S/C45H53N7O7S2/c46-28-36-40(34-18-16-33(17-19-34)32-8-2-1-3-9-32)51-45(52-43(36)55)61-29-31-12-14-35(15-13-31)42(54)48-21-7-23-58-25-27-59-26-24-57-22-6-20-47-39(53)11-5-4-10-38-41-37(30-60-38)49-44(56)50-41/h1-3,8-9,12-19,37-38,41H,4-7,10-11,20-27,29-30H2,(H,47,53)(H,48,54)(H2,49,50,56)(H,51,52,55)/t37-,38-,41-/m0/s1. The molecule has 0 saturated carbocycles. The number of H-pyrrole nitrogens is 1. The SMILES string of the molecule is N#Cc1c(-c2ccc(-c3ccccc3)cc2)nc(SCc2ccc(C(=O)NCCCOCCOCCOCCCNC(=O)CCCC[C@@H]3SC[C@@H]4NC(=O)N[C@@H]43)cc2)[nH]c1=O. The van der Waals surface area contributed by atoms with Crippen molar-refractivity contribution in [2.24, 2.45) is 0 Å². The van der Waals surface area contributed by atoms with Gasteiger partial charge in [-0.25, -0.2) is 9.78 Å². The van der Waals surface area contributed by atoms with E-state index >= 15 is 0 Å². The highest BCUT2D eigenvalue weighted by molar-refractivity contribution is 8.00. The fourth-order valence-corrected chi connectivity index (χ4v) is 9.33. The van der Waals surface area contributed by atoms with Crippen LogP contribution in [0.3, 0.4) is 0 Å². The summed E-state index contributed by atoms with van der Waals surface area (Å²) in [5, 5.41) is 22.4. The molecule has 0 radical (unpaired) electrons. The number of nitrogens with zero attached hydrogens (tertiary/aromatic N) is 2. The van der Waals surface area contributed by atoms with E-state index in [1.54, 1.807) is 12.1 Å². The maximum Gasteiger partial charge on any atom is 0.315 e. The molecule has 0 aliphatic carbocycles. The summed E-state index contributed by atoms with van der Waals surface area (Å²) >= 11 is 3.24. The molecule has 2 fully saturated rings. The minimum absolute atomic E-state index is 0.0329. The summed E-state index contributed by atoms with van der Waals surface area (Å²) in [6.07, 6.45) is 4.73. The molecule has 61 heavy (non-hydrogen) atoms. The molecule has 0 unspecified atom stereocenters. The Morgan fingerprint density at radius 3 is 2.15 bits per heavy atom. The first-order valence-corrected chi connectivity index (χ1v) is 22.8. The van der Waals surface area contributed by atoms with Crippen molar-refractivity contribution in [2.45, 2.75) is 66.8 Å². The van der Waals surface area contributed by atoms with Crippen molar-refractivity contribution in [1.82, 2.24) is 31.2 Å². The Kier molecular flexibility index (Phi) is 18.1. The fraction of sp³-hybridized carbons (Fsp3) is 0.422. The van der Waals surface area contributed by atoms with Gasteiger partial charge in [0.25, 0.3) is 11.5 Å². The molecule has 6 rings (SSSR count). The topological polar surface area (TPSA) is 197 Å². The Labute approximate surface area is 364 Å². The van der Waals surface area contributed by atoms with Crippen molar-refractivity contribution in [3.63, 3.8) is 0 Å². The van der Waals surface area contributed by atoms with Crippen LogP contribution in [-0.2, 0) is 24.8 Å². The molecule has 3 aromatic carbocycles. The quantitative estimate of drug-likeness (QED) is 0.0238. The number of carbonyl (C=O) groups is 3. The minimum atomic E-state index is -0.488. The second kappa shape index (κ2) is 24.3. The first-order valence-electron chi connectivity index (χ1n) is 20.8. The Bertz CT molecular complexity index is 2130. The number of rotatable bonds is 25. The van der Waals surface area contributed by atoms with Gasteiger partial charge in [0.1, 0.15) is 11.6 Å². The van der Waals surface area contributed by atoms with E-state index in [1.165, 1.54) is 11.8 Å². The number of hydrogen-bond acceptors (Lipinski definition) is 11. The van der Waals surface area contributed by atoms with E-state index in [0.717, 1.165) is 48.1 Å². The summed E-state index contributed by atoms with van der Waals surface area (Å²) in [4.78, 5) is 56.5. The average molecular weight is 868 g/mol. The summed E-state index contributed by atoms with van der Waals surface area (Å²) in [6, 6.07) is 27.2.